The molecule has 2 N–H and O–H groups in total. The maximum absolute atomic E-state index is 9.82. The first-order chi connectivity index (χ1) is 3.85. The Labute approximate surface area is 52.7 Å². The van der Waals surface area contributed by atoms with Crippen molar-refractivity contribution in [2.45, 2.75) is 25.6 Å². The van der Waals surface area contributed by atoms with E-state index < -0.39 is 17.7 Å². The summed E-state index contributed by atoms with van der Waals surface area (Å²) in [6, 6.07) is 0. The SMILES string of the molecule is CC(C)(O)C(O)C(=O)[O-]. The molecule has 0 aromatic heterocycles. The van der Waals surface area contributed by atoms with Crippen LogP contribution in [0.5, 0.6) is 0 Å². The smallest absolute Gasteiger partial charge is 0.121 e. The molecule has 4 heteroatoms. The van der Waals surface area contributed by atoms with Gasteiger partial charge in [-0.3, -0.25) is 0 Å². The summed E-state index contributed by atoms with van der Waals surface area (Å²) in [6.07, 6.45) is -1.82. The number of carboxylic acids is 1. The lowest BCUT2D eigenvalue weighted by atomic mass is 10.0. The predicted molar refractivity (Wildman–Crippen MR) is 27.3 cm³/mol. The number of hydrogen-bond donors (Lipinski definition) is 2. The Balaban J connectivity index is 4.04. The molecule has 0 spiro atoms. The topological polar surface area (TPSA) is 80.6 Å². The second-order valence-corrected chi connectivity index (χ2v) is 2.38. The molecule has 0 bridgehead atoms. The van der Waals surface area contributed by atoms with Crippen LogP contribution < -0.4 is 5.11 Å². The van der Waals surface area contributed by atoms with Gasteiger partial charge in [-0.05, 0) is 13.8 Å². The zero-order valence-corrected chi connectivity index (χ0v) is 5.29. The predicted octanol–water partition coefficient (Wildman–Crippen LogP) is -2.13. The van der Waals surface area contributed by atoms with Gasteiger partial charge in [-0.1, -0.05) is 0 Å². The molecule has 0 radical (unpaired) electrons. The number of carboxylic acid groups (broad SMARTS) is 1. The highest BCUT2D eigenvalue weighted by molar-refractivity contribution is 5.71. The van der Waals surface area contributed by atoms with Crippen molar-refractivity contribution < 1.29 is 20.1 Å². The van der Waals surface area contributed by atoms with Gasteiger partial charge in [0, 0.05) is 0 Å². The number of aliphatic carboxylic acids is 1. The molecular weight excluding hydrogens is 124 g/mol. The average molecular weight is 133 g/mol. The first-order valence-corrected chi connectivity index (χ1v) is 2.47. The van der Waals surface area contributed by atoms with Crippen LogP contribution in [0.15, 0.2) is 0 Å². The van der Waals surface area contributed by atoms with E-state index in [2.05, 4.69) is 0 Å². The summed E-state index contributed by atoms with van der Waals surface area (Å²) in [5.74, 6) is -1.66. The molecule has 1 atom stereocenters. The van der Waals surface area contributed by atoms with Crippen LogP contribution >= 0.6 is 0 Å². The van der Waals surface area contributed by atoms with E-state index in [-0.39, 0.29) is 0 Å². The fourth-order valence-corrected chi connectivity index (χ4v) is 0.288. The Hall–Kier alpha value is -0.610. The highest BCUT2D eigenvalue weighted by Gasteiger charge is 2.24. The summed E-state index contributed by atoms with van der Waals surface area (Å²) >= 11 is 0. The van der Waals surface area contributed by atoms with Crippen molar-refractivity contribution in [3.63, 3.8) is 0 Å². The van der Waals surface area contributed by atoms with Gasteiger partial charge >= 0.3 is 0 Å². The number of rotatable bonds is 2. The van der Waals surface area contributed by atoms with Crippen molar-refractivity contribution in [1.82, 2.24) is 0 Å². The molecule has 0 aliphatic carbocycles. The van der Waals surface area contributed by atoms with Crippen molar-refractivity contribution in [2.75, 3.05) is 0 Å². The summed E-state index contributed by atoms with van der Waals surface area (Å²) in [5.41, 5.74) is -1.63. The molecule has 0 amide bonds. The molecule has 9 heavy (non-hydrogen) atoms. The summed E-state index contributed by atoms with van der Waals surface area (Å²) in [4.78, 5) is 9.82. The molecule has 0 saturated carbocycles. The van der Waals surface area contributed by atoms with E-state index in [9.17, 15) is 9.90 Å². The molecule has 0 saturated heterocycles. The molecule has 4 nitrogen and oxygen atoms in total. The van der Waals surface area contributed by atoms with Gasteiger partial charge in [0.25, 0.3) is 0 Å². The van der Waals surface area contributed by atoms with Gasteiger partial charge in [0.1, 0.15) is 6.10 Å². The maximum atomic E-state index is 9.82. The number of hydrogen-bond acceptors (Lipinski definition) is 4. The van der Waals surface area contributed by atoms with Crippen LogP contribution in [0, 0.1) is 0 Å². The molecule has 0 rings (SSSR count). The standard InChI is InChI=1S/C5H10O4/c1-5(2,9)3(6)4(7)8/h3,6,9H,1-2H3,(H,7,8)/p-1. The number of aliphatic hydroxyl groups excluding tert-OH is 1. The van der Waals surface area contributed by atoms with Crippen LogP contribution in [-0.4, -0.2) is 27.9 Å². The van der Waals surface area contributed by atoms with Gasteiger partial charge in [-0.2, -0.15) is 0 Å². The highest BCUT2D eigenvalue weighted by atomic mass is 16.4. The molecule has 1 unspecified atom stereocenters. The quantitative estimate of drug-likeness (QED) is 0.451. The summed E-state index contributed by atoms with van der Waals surface area (Å²) in [5, 5.41) is 27.2. The Bertz CT molecular complexity index is 113. The highest BCUT2D eigenvalue weighted by Crippen LogP contribution is 2.06. The maximum Gasteiger partial charge on any atom is 0.121 e. The normalized spacial score (nSPS) is 15.1. The van der Waals surface area contributed by atoms with Crippen molar-refractivity contribution >= 4 is 5.97 Å². The third-order valence-electron chi connectivity index (χ3n) is 0.892. The summed E-state index contributed by atoms with van der Waals surface area (Å²) in [7, 11) is 0. The van der Waals surface area contributed by atoms with Gasteiger partial charge in [0.05, 0.1) is 11.6 Å². The number of carbonyl (C=O) groups is 1. The lowest BCUT2D eigenvalue weighted by Crippen LogP contribution is -2.48. The van der Waals surface area contributed by atoms with Crippen molar-refractivity contribution in [2.24, 2.45) is 0 Å². The Morgan fingerprint density at radius 2 is 2.00 bits per heavy atom. The van der Waals surface area contributed by atoms with Gasteiger partial charge in [-0.15, -0.1) is 0 Å². The van der Waals surface area contributed by atoms with Crippen molar-refractivity contribution in [3.8, 4) is 0 Å². The molecule has 0 aromatic carbocycles. The van der Waals surface area contributed by atoms with Crippen LogP contribution in [0.2, 0.25) is 0 Å². The van der Waals surface area contributed by atoms with E-state index in [1.165, 1.54) is 13.8 Å². The summed E-state index contributed by atoms with van der Waals surface area (Å²) < 4.78 is 0. The van der Waals surface area contributed by atoms with Crippen molar-refractivity contribution in [1.29, 1.82) is 0 Å². The van der Waals surface area contributed by atoms with Crippen LogP contribution in [0.25, 0.3) is 0 Å². The average Bonchev–Trinajstić information content (AvgIpc) is 1.62. The van der Waals surface area contributed by atoms with E-state index in [4.69, 9.17) is 10.2 Å². The Kier molecular flexibility index (Phi) is 2.17. The molecular formula is C5H9O4-. The second kappa shape index (κ2) is 2.33. The molecule has 0 heterocycles. The van der Waals surface area contributed by atoms with Gasteiger partial charge in [-0.25, -0.2) is 0 Å². The lowest BCUT2D eigenvalue weighted by molar-refractivity contribution is -0.321. The minimum Gasteiger partial charge on any atom is -0.547 e. The molecule has 0 aliphatic heterocycles. The zero-order chi connectivity index (χ0) is 7.65. The van der Waals surface area contributed by atoms with Crippen LogP contribution in [-0.2, 0) is 4.79 Å². The second-order valence-electron chi connectivity index (χ2n) is 2.38. The first-order valence-electron chi connectivity index (χ1n) is 2.47. The van der Waals surface area contributed by atoms with Gasteiger partial charge < -0.3 is 20.1 Å². The minimum absolute atomic E-state index is 1.19. The third-order valence-corrected chi connectivity index (χ3v) is 0.892. The van der Waals surface area contributed by atoms with Crippen LogP contribution in [0.3, 0.4) is 0 Å². The molecule has 0 aromatic rings. The van der Waals surface area contributed by atoms with E-state index >= 15 is 0 Å². The van der Waals surface area contributed by atoms with E-state index in [1.54, 1.807) is 0 Å². The van der Waals surface area contributed by atoms with Crippen LogP contribution in [0.1, 0.15) is 13.8 Å². The monoisotopic (exact) mass is 133 g/mol. The Morgan fingerprint density at radius 1 is 1.67 bits per heavy atom. The molecule has 0 fully saturated rings. The van der Waals surface area contributed by atoms with E-state index in [0.717, 1.165) is 0 Å². The first kappa shape index (κ1) is 8.39. The largest absolute Gasteiger partial charge is 0.547 e. The third kappa shape index (κ3) is 2.43. The minimum atomic E-state index is -1.82. The molecule has 0 aliphatic rings. The van der Waals surface area contributed by atoms with Crippen molar-refractivity contribution in [3.05, 3.63) is 0 Å². The fraction of sp³-hybridized carbons (Fsp3) is 0.800. The van der Waals surface area contributed by atoms with Gasteiger partial charge in [0.15, 0.2) is 0 Å². The van der Waals surface area contributed by atoms with Gasteiger partial charge in [0.2, 0.25) is 0 Å². The van der Waals surface area contributed by atoms with E-state index in [1.807, 2.05) is 0 Å². The zero-order valence-electron chi connectivity index (χ0n) is 5.29. The van der Waals surface area contributed by atoms with Crippen LogP contribution in [0.4, 0.5) is 0 Å². The molecule has 54 valence electrons. The van der Waals surface area contributed by atoms with E-state index in [0.29, 0.717) is 0 Å². The summed E-state index contributed by atoms with van der Waals surface area (Å²) in [6.45, 7) is 2.38. The number of carbonyl (C=O) groups excluding carboxylic acids is 1. The lowest BCUT2D eigenvalue weighted by Gasteiger charge is -2.24. The Morgan fingerprint density at radius 3 is 2.00 bits per heavy atom. The fourth-order valence-electron chi connectivity index (χ4n) is 0.288. The number of aliphatic hydroxyl groups is 2.